The molecule has 92 valence electrons. The summed E-state index contributed by atoms with van der Waals surface area (Å²) in [5, 5.41) is 6.34. The predicted octanol–water partition coefficient (Wildman–Crippen LogP) is 2.97. The van der Waals surface area contributed by atoms with Crippen molar-refractivity contribution in [3.8, 4) is 11.4 Å². The van der Waals surface area contributed by atoms with Crippen LogP contribution in [0, 0.1) is 20.8 Å². The third-order valence-corrected chi connectivity index (χ3v) is 3.84. The summed E-state index contributed by atoms with van der Waals surface area (Å²) < 4.78 is 1.69. The molecule has 0 amide bonds. The Morgan fingerprint density at radius 2 is 1.83 bits per heavy atom. The van der Waals surface area contributed by atoms with Crippen LogP contribution >= 0.6 is 11.3 Å². The summed E-state index contributed by atoms with van der Waals surface area (Å²) in [7, 11) is 0. The molecule has 2 N–H and O–H groups in total. The molecule has 0 radical (unpaired) electrons. The molecule has 2 heterocycles. The highest BCUT2D eigenvalue weighted by molar-refractivity contribution is 7.15. The number of benzene rings is 1. The molecular formula is C13H14N4S. The first-order chi connectivity index (χ1) is 8.56. The highest BCUT2D eigenvalue weighted by Gasteiger charge is 2.14. The van der Waals surface area contributed by atoms with Crippen LogP contribution in [0.2, 0.25) is 0 Å². The van der Waals surface area contributed by atoms with Crippen LogP contribution in [0.5, 0.6) is 0 Å². The van der Waals surface area contributed by atoms with E-state index in [1.54, 1.807) is 4.52 Å². The molecule has 18 heavy (non-hydrogen) atoms. The Bertz CT molecular complexity index is 716. The summed E-state index contributed by atoms with van der Waals surface area (Å²) in [6, 6.07) is 4.31. The first-order valence-electron chi connectivity index (χ1n) is 5.74. The van der Waals surface area contributed by atoms with E-state index >= 15 is 0 Å². The normalized spacial score (nSPS) is 11.3. The second-order valence-corrected chi connectivity index (χ2v) is 5.40. The maximum Gasteiger partial charge on any atom is 0.214 e. The van der Waals surface area contributed by atoms with Gasteiger partial charge in [-0.1, -0.05) is 17.7 Å². The Balaban J connectivity index is 2.25. The van der Waals surface area contributed by atoms with Crippen molar-refractivity contribution in [3.05, 3.63) is 34.2 Å². The molecule has 0 saturated carbocycles. The molecule has 2 aromatic heterocycles. The predicted molar refractivity (Wildman–Crippen MR) is 74.9 cm³/mol. The second-order valence-electron chi connectivity index (χ2n) is 4.56. The van der Waals surface area contributed by atoms with Crippen molar-refractivity contribution in [1.82, 2.24) is 14.6 Å². The van der Waals surface area contributed by atoms with Gasteiger partial charge >= 0.3 is 0 Å². The van der Waals surface area contributed by atoms with Crippen LogP contribution in [0.1, 0.15) is 16.7 Å². The smallest absolute Gasteiger partial charge is 0.214 e. The number of aromatic nitrogens is 3. The van der Waals surface area contributed by atoms with Crippen molar-refractivity contribution >= 4 is 22.1 Å². The van der Waals surface area contributed by atoms with Gasteiger partial charge in [0.25, 0.3) is 0 Å². The van der Waals surface area contributed by atoms with Crippen molar-refractivity contribution in [3.63, 3.8) is 0 Å². The molecule has 5 heteroatoms. The van der Waals surface area contributed by atoms with Crippen LogP contribution in [0.4, 0.5) is 5.82 Å². The third-order valence-electron chi connectivity index (χ3n) is 3.01. The van der Waals surface area contributed by atoms with E-state index < -0.39 is 0 Å². The van der Waals surface area contributed by atoms with E-state index in [2.05, 4.69) is 43.0 Å². The number of anilines is 1. The van der Waals surface area contributed by atoms with E-state index in [0.29, 0.717) is 5.82 Å². The van der Waals surface area contributed by atoms with E-state index in [-0.39, 0.29) is 0 Å². The number of hydrogen-bond donors (Lipinski definition) is 1. The van der Waals surface area contributed by atoms with Gasteiger partial charge in [0.1, 0.15) is 5.82 Å². The highest BCUT2D eigenvalue weighted by atomic mass is 32.1. The van der Waals surface area contributed by atoms with Crippen LogP contribution in [0.25, 0.3) is 16.3 Å². The van der Waals surface area contributed by atoms with Gasteiger partial charge in [-0.3, -0.25) is 0 Å². The Morgan fingerprint density at radius 1 is 1.17 bits per heavy atom. The minimum Gasteiger partial charge on any atom is -0.383 e. The summed E-state index contributed by atoms with van der Waals surface area (Å²) >= 11 is 1.51. The standard InChI is InChI=1S/C13H14N4S/c1-7-4-8(2)11(9(3)5-7)12-15-13-17(16-12)10(14)6-18-13/h4-6H,14H2,1-3H3. The van der Waals surface area contributed by atoms with Gasteiger partial charge in [-0.2, -0.15) is 9.50 Å². The molecule has 0 spiro atoms. The molecule has 0 aliphatic heterocycles. The summed E-state index contributed by atoms with van der Waals surface area (Å²) in [6.07, 6.45) is 0. The van der Waals surface area contributed by atoms with Crippen LogP contribution in [0.15, 0.2) is 17.5 Å². The minimum absolute atomic E-state index is 0.635. The molecule has 3 rings (SSSR count). The van der Waals surface area contributed by atoms with Crippen molar-refractivity contribution in [1.29, 1.82) is 0 Å². The summed E-state index contributed by atoms with van der Waals surface area (Å²) in [4.78, 5) is 5.38. The zero-order valence-corrected chi connectivity index (χ0v) is 11.4. The molecule has 1 aromatic carbocycles. The highest BCUT2D eigenvalue weighted by Crippen LogP contribution is 2.28. The maximum absolute atomic E-state index is 5.84. The van der Waals surface area contributed by atoms with Gasteiger partial charge < -0.3 is 5.73 Å². The number of nitrogens with zero attached hydrogens (tertiary/aromatic N) is 3. The van der Waals surface area contributed by atoms with E-state index in [4.69, 9.17) is 5.73 Å². The number of nitrogens with two attached hydrogens (primary N) is 1. The van der Waals surface area contributed by atoms with Crippen molar-refractivity contribution in [2.24, 2.45) is 0 Å². The molecule has 0 aliphatic carbocycles. The lowest BCUT2D eigenvalue weighted by molar-refractivity contribution is 0.991. The molecule has 0 saturated heterocycles. The summed E-state index contributed by atoms with van der Waals surface area (Å²) in [6.45, 7) is 6.28. The number of nitrogen functional groups attached to an aromatic ring is 1. The molecule has 0 unspecified atom stereocenters. The zero-order chi connectivity index (χ0) is 12.9. The van der Waals surface area contributed by atoms with Gasteiger partial charge in [0.2, 0.25) is 4.96 Å². The molecule has 0 bridgehead atoms. The summed E-state index contributed by atoms with van der Waals surface area (Å²) in [5.41, 5.74) is 10.6. The SMILES string of the molecule is Cc1cc(C)c(-c2nc3scc(N)n3n2)c(C)c1. The van der Waals surface area contributed by atoms with Gasteiger partial charge in [0, 0.05) is 10.9 Å². The zero-order valence-electron chi connectivity index (χ0n) is 10.6. The number of thiazole rings is 1. The fraction of sp³-hybridized carbons (Fsp3) is 0.231. The van der Waals surface area contributed by atoms with Crippen molar-refractivity contribution in [2.45, 2.75) is 20.8 Å². The van der Waals surface area contributed by atoms with Crippen molar-refractivity contribution in [2.75, 3.05) is 5.73 Å². The number of hydrogen-bond acceptors (Lipinski definition) is 4. The monoisotopic (exact) mass is 258 g/mol. The molecule has 3 aromatic rings. The maximum atomic E-state index is 5.84. The third kappa shape index (κ3) is 1.59. The van der Waals surface area contributed by atoms with Gasteiger partial charge in [-0.15, -0.1) is 16.4 Å². The fourth-order valence-electron chi connectivity index (χ4n) is 2.34. The first-order valence-corrected chi connectivity index (χ1v) is 6.62. The topological polar surface area (TPSA) is 56.2 Å². The van der Waals surface area contributed by atoms with Crippen LogP contribution < -0.4 is 5.73 Å². The molecule has 0 fully saturated rings. The number of aryl methyl sites for hydroxylation is 3. The minimum atomic E-state index is 0.635. The lowest BCUT2D eigenvalue weighted by atomic mass is 9.99. The number of fused-ring (bicyclic) bond motifs is 1. The van der Waals surface area contributed by atoms with Gasteiger partial charge in [-0.25, -0.2) is 0 Å². The lowest BCUT2D eigenvalue weighted by Gasteiger charge is -2.07. The molecule has 4 nitrogen and oxygen atoms in total. The van der Waals surface area contributed by atoms with Crippen molar-refractivity contribution < 1.29 is 0 Å². The fourth-order valence-corrected chi connectivity index (χ4v) is 3.06. The Kier molecular flexibility index (Phi) is 2.38. The average molecular weight is 258 g/mol. The van der Waals surface area contributed by atoms with E-state index in [0.717, 1.165) is 16.3 Å². The molecular weight excluding hydrogens is 244 g/mol. The first kappa shape index (κ1) is 11.2. The average Bonchev–Trinajstić information content (AvgIpc) is 2.80. The van der Waals surface area contributed by atoms with Gasteiger partial charge in [-0.05, 0) is 31.9 Å². The molecule has 0 aliphatic rings. The van der Waals surface area contributed by atoms with Crippen LogP contribution in [-0.2, 0) is 0 Å². The number of rotatable bonds is 1. The Hall–Kier alpha value is -1.88. The van der Waals surface area contributed by atoms with E-state index in [1.165, 1.54) is 28.0 Å². The van der Waals surface area contributed by atoms with E-state index in [1.807, 2.05) is 5.38 Å². The summed E-state index contributed by atoms with van der Waals surface area (Å²) in [5.74, 6) is 1.39. The largest absolute Gasteiger partial charge is 0.383 e. The Morgan fingerprint density at radius 3 is 2.44 bits per heavy atom. The van der Waals surface area contributed by atoms with Crippen LogP contribution in [-0.4, -0.2) is 14.6 Å². The quantitative estimate of drug-likeness (QED) is 0.730. The second kappa shape index (κ2) is 3.81. The van der Waals surface area contributed by atoms with Gasteiger partial charge in [0.05, 0.1) is 0 Å². The van der Waals surface area contributed by atoms with E-state index in [9.17, 15) is 0 Å². The van der Waals surface area contributed by atoms with Crippen LogP contribution in [0.3, 0.4) is 0 Å². The van der Waals surface area contributed by atoms with Gasteiger partial charge in [0.15, 0.2) is 5.82 Å². The Labute approximate surface area is 109 Å². The lowest BCUT2D eigenvalue weighted by Crippen LogP contribution is -1.95. The molecule has 0 atom stereocenters.